The van der Waals surface area contributed by atoms with Crippen molar-refractivity contribution in [3.8, 4) is 0 Å². The zero-order chi connectivity index (χ0) is 13.1. The molecular weight excluding hydrogens is 332 g/mol. The smallest absolute Gasteiger partial charge is 0.0489 e. The molecule has 1 aliphatic heterocycles. The first-order chi connectivity index (χ1) is 8.63. The van der Waals surface area contributed by atoms with Gasteiger partial charge in [-0.2, -0.15) is 11.8 Å². The van der Waals surface area contributed by atoms with Gasteiger partial charge in [0.25, 0.3) is 0 Å². The summed E-state index contributed by atoms with van der Waals surface area (Å²) < 4.78 is 1.05. The molecule has 0 spiro atoms. The molecule has 0 radical (unpaired) electrons. The van der Waals surface area contributed by atoms with E-state index in [1.165, 1.54) is 11.5 Å². The highest BCUT2D eigenvalue weighted by atomic mass is 79.9. The molecule has 2 unspecified atom stereocenters. The molecule has 0 aliphatic carbocycles. The molecule has 1 saturated heterocycles. The Balaban J connectivity index is 2.29. The monoisotopic (exact) mass is 348 g/mol. The van der Waals surface area contributed by atoms with Crippen LogP contribution in [0.5, 0.6) is 0 Å². The second kappa shape index (κ2) is 6.62. The van der Waals surface area contributed by atoms with E-state index in [2.05, 4.69) is 33.8 Å². The minimum atomic E-state index is 0.214. The van der Waals surface area contributed by atoms with E-state index in [0.717, 1.165) is 21.6 Å². The number of hydrogen-bond donors (Lipinski definition) is 1. The van der Waals surface area contributed by atoms with Gasteiger partial charge in [-0.3, -0.25) is 4.90 Å². The third kappa shape index (κ3) is 3.23. The summed E-state index contributed by atoms with van der Waals surface area (Å²) in [6.07, 6.45) is 0. The molecule has 18 heavy (non-hydrogen) atoms. The molecule has 1 aromatic carbocycles. The molecule has 0 amide bonds. The molecule has 1 heterocycles. The first kappa shape index (κ1) is 14.7. The van der Waals surface area contributed by atoms with Crippen LogP contribution < -0.4 is 5.73 Å². The van der Waals surface area contributed by atoms with E-state index < -0.39 is 0 Å². The highest BCUT2D eigenvalue weighted by Crippen LogP contribution is 2.32. The topological polar surface area (TPSA) is 29.3 Å². The van der Waals surface area contributed by atoms with Crippen molar-refractivity contribution >= 4 is 39.3 Å². The first-order valence-electron chi connectivity index (χ1n) is 6.12. The fourth-order valence-corrected chi connectivity index (χ4v) is 4.08. The number of rotatable bonds is 3. The minimum Gasteiger partial charge on any atom is -0.329 e. The summed E-state index contributed by atoms with van der Waals surface area (Å²) in [5.41, 5.74) is 7.13. The Morgan fingerprint density at radius 2 is 2.39 bits per heavy atom. The van der Waals surface area contributed by atoms with E-state index in [0.29, 0.717) is 12.6 Å². The van der Waals surface area contributed by atoms with Crippen LogP contribution in [0, 0.1) is 0 Å². The second-order valence-electron chi connectivity index (χ2n) is 4.58. The maximum atomic E-state index is 6.33. The van der Waals surface area contributed by atoms with Gasteiger partial charge in [-0.1, -0.05) is 27.5 Å². The lowest BCUT2D eigenvalue weighted by Crippen LogP contribution is -2.45. The van der Waals surface area contributed by atoms with Gasteiger partial charge in [0, 0.05) is 46.2 Å². The Kier molecular flexibility index (Phi) is 5.39. The Morgan fingerprint density at radius 3 is 3.06 bits per heavy atom. The van der Waals surface area contributed by atoms with Gasteiger partial charge in [-0.05, 0) is 30.7 Å². The van der Waals surface area contributed by atoms with Crippen molar-refractivity contribution in [2.45, 2.75) is 19.0 Å². The average Bonchev–Trinajstić information content (AvgIpc) is 2.36. The lowest BCUT2D eigenvalue weighted by atomic mass is 10.0. The van der Waals surface area contributed by atoms with Crippen LogP contribution in [0.4, 0.5) is 0 Å². The fraction of sp³-hybridized carbons (Fsp3) is 0.538. The molecule has 2 rings (SSSR count). The van der Waals surface area contributed by atoms with Crippen LogP contribution in [0.15, 0.2) is 22.7 Å². The van der Waals surface area contributed by atoms with Crippen molar-refractivity contribution in [2.24, 2.45) is 5.73 Å². The van der Waals surface area contributed by atoms with Crippen molar-refractivity contribution < 1.29 is 0 Å². The van der Waals surface area contributed by atoms with Gasteiger partial charge < -0.3 is 5.73 Å². The molecule has 2 atom stereocenters. The number of nitrogens with zero attached hydrogens (tertiary/aromatic N) is 1. The highest BCUT2D eigenvalue weighted by Gasteiger charge is 2.27. The van der Waals surface area contributed by atoms with E-state index in [1.54, 1.807) is 0 Å². The van der Waals surface area contributed by atoms with Crippen LogP contribution in [0.1, 0.15) is 18.5 Å². The maximum Gasteiger partial charge on any atom is 0.0489 e. The standard InChI is InChI=1S/C13H18BrClN2S/c1-9-8-18-5-4-17(9)13(7-16)11-6-10(14)2-3-12(11)15/h2-3,6,9,13H,4-5,7-8,16H2,1H3. The molecule has 0 bridgehead atoms. The summed E-state index contributed by atoms with van der Waals surface area (Å²) >= 11 is 11.9. The Labute approximate surface area is 126 Å². The molecule has 5 heteroatoms. The van der Waals surface area contributed by atoms with Crippen molar-refractivity contribution in [1.82, 2.24) is 4.90 Å². The molecule has 100 valence electrons. The summed E-state index contributed by atoms with van der Waals surface area (Å²) in [6.45, 7) is 3.95. The van der Waals surface area contributed by atoms with Crippen LogP contribution in [-0.4, -0.2) is 35.5 Å². The molecule has 1 aliphatic rings. The van der Waals surface area contributed by atoms with Crippen molar-refractivity contribution in [1.29, 1.82) is 0 Å². The third-order valence-electron chi connectivity index (χ3n) is 3.36. The largest absolute Gasteiger partial charge is 0.329 e. The molecule has 0 saturated carbocycles. The number of halogens is 2. The summed E-state index contributed by atoms with van der Waals surface area (Å²) in [6, 6.07) is 6.76. The van der Waals surface area contributed by atoms with Gasteiger partial charge in [-0.15, -0.1) is 0 Å². The van der Waals surface area contributed by atoms with Crippen molar-refractivity contribution in [2.75, 3.05) is 24.6 Å². The summed E-state index contributed by atoms with van der Waals surface area (Å²) in [4.78, 5) is 2.48. The van der Waals surface area contributed by atoms with Gasteiger partial charge in [0.2, 0.25) is 0 Å². The molecule has 2 nitrogen and oxygen atoms in total. The average molecular weight is 350 g/mol. The van der Waals surface area contributed by atoms with E-state index in [-0.39, 0.29) is 6.04 Å². The number of thioether (sulfide) groups is 1. The molecular formula is C13H18BrClN2S. The lowest BCUT2D eigenvalue weighted by Gasteiger charge is -2.39. The summed E-state index contributed by atoms with van der Waals surface area (Å²) in [5.74, 6) is 2.34. The van der Waals surface area contributed by atoms with E-state index in [1.807, 2.05) is 23.9 Å². The second-order valence-corrected chi connectivity index (χ2v) is 7.05. The summed E-state index contributed by atoms with van der Waals surface area (Å²) in [5, 5.41) is 0.805. The molecule has 0 aromatic heterocycles. The normalized spacial score (nSPS) is 23.0. The molecule has 1 fully saturated rings. The Hall–Kier alpha value is 0.260. The van der Waals surface area contributed by atoms with E-state index in [4.69, 9.17) is 17.3 Å². The zero-order valence-corrected chi connectivity index (χ0v) is 13.6. The van der Waals surface area contributed by atoms with Gasteiger partial charge >= 0.3 is 0 Å². The van der Waals surface area contributed by atoms with Crippen LogP contribution in [0.2, 0.25) is 5.02 Å². The maximum absolute atomic E-state index is 6.33. The molecule has 1 aromatic rings. The quantitative estimate of drug-likeness (QED) is 0.905. The van der Waals surface area contributed by atoms with Gasteiger partial charge in [0.15, 0.2) is 0 Å². The predicted octanol–water partition coefficient (Wildman–Crippen LogP) is 3.54. The van der Waals surface area contributed by atoms with Crippen LogP contribution in [-0.2, 0) is 0 Å². The fourth-order valence-electron chi connectivity index (χ4n) is 2.41. The lowest BCUT2D eigenvalue weighted by molar-refractivity contribution is 0.166. The van der Waals surface area contributed by atoms with Crippen molar-refractivity contribution in [3.05, 3.63) is 33.3 Å². The van der Waals surface area contributed by atoms with E-state index >= 15 is 0 Å². The van der Waals surface area contributed by atoms with Crippen molar-refractivity contribution in [3.63, 3.8) is 0 Å². The Bertz CT molecular complexity index is 416. The number of hydrogen-bond acceptors (Lipinski definition) is 3. The third-order valence-corrected chi connectivity index (χ3v) is 5.39. The number of nitrogens with two attached hydrogens (primary N) is 1. The highest BCUT2D eigenvalue weighted by molar-refractivity contribution is 9.10. The minimum absolute atomic E-state index is 0.214. The SMILES string of the molecule is CC1CSCCN1C(CN)c1cc(Br)ccc1Cl. The number of benzene rings is 1. The van der Waals surface area contributed by atoms with Gasteiger partial charge in [0.1, 0.15) is 0 Å². The van der Waals surface area contributed by atoms with Crippen LogP contribution in [0.25, 0.3) is 0 Å². The van der Waals surface area contributed by atoms with Crippen LogP contribution in [0.3, 0.4) is 0 Å². The zero-order valence-electron chi connectivity index (χ0n) is 10.4. The van der Waals surface area contributed by atoms with Gasteiger partial charge in [0.05, 0.1) is 0 Å². The van der Waals surface area contributed by atoms with Crippen LogP contribution >= 0.6 is 39.3 Å². The van der Waals surface area contributed by atoms with E-state index in [9.17, 15) is 0 Å². The first-order valence-corrected chi connectivity index (χ1v) is 8.44. The Morgan fingerprint density at radius 1 is 1.61 bits per heavy atom. The predicted molar refractivity (Wildman–Crippen MR) is 84.4 cm³/mol. The van der Waals surface area contributed by atoms with Gasteiger partial charge in [-0.25, -0.2) is 0 Å². The molecule has 2 N–H and O–H groups in total. The summed E-state index contributed by atoms with van der Waals surface area (Å²) in [7, 11) is 0.